The van der Waals surface area contributed by atoms with Gasteiger partial charge in [-0.05, 0) is 48.5 Å². The van der Waals surface area contributed by atoms with Gasteiger partial charge >= 0.3 is 0 Å². The van der Waals surface area contributed by atoms with E-state index in [-0.39, 0.29) is 24.8 Å². The first-order valence-electron chi connectivity index (χ1n) is 6.57. The van der Waals surface area contributed by atoms with Crippen LogP contribution in [0.1, 0.15) is 0 Å². The average molecular weight is 340 g/mol. The molecule has 7 heteroatoms. The summed E-state index contributed by atoms with van der Waals surface area (Å²) in [5.41, 5.74) is 9.49. The Morgan fingerprint density at radius 2 is 1.32 bits per heavy atom. The molecule has 5 nitrogen and oxygen atoms in total. The molecule has 0 saturated carbocycles. The third-order valence-corrected chi connectivity index (χ3v) is 3.02. The summed E-state index contributed by atoms with van der Waals surface area (Å²) in [5, 5.41) is 9.73. The Labute approximate surface area is 142 Å². The van der Waals surface area contributed by atoms with Gasteiger partial charge in [-0.2, -0.15) is 0 Å². The highest BCUT2D eigenvalue weighted by atomic mass is 35.5. The van der Waals surface area contributed by atoms with Crippen LogP contribution in [0.4, 0.5) is 22.7 Å². The molecule has 0 bridgehead atoms. The van der Waals surface area contributed by atoms with Gasteiger partial charge in [-0.1, -0.05) is 0 Å². The predicted molar refractivity (Wildman–Crippen MR) is 99.0 cm³/mol. The van der Waals surface area contributed by atoms with E-state index >= 15 is 0 Å². The van der Waals surface area contributed by atoms with Gasteiger partial charge in [0.05, 0.1) is 6.54 Å². The fraction of sp³-hybridized carbons (Fsp3) is 0.133. The van der Waals surface area contributed by atoms with E-state index in [0.29, 0.717) is 0 Å². The number of aliphatic imine (C=N–C) groups is 1. The second kappa shape index (κ2) is 8.36. The fourth-order valence-electron chi connectivity index (χ4n) is 1.99. The van der Waals surface area contributed by atoms with E-state index in [1.165, 1.54) is 0 Å². The van der Waals surface area contributed by atoms with Gasteiger partial charge in [-0.15, -0.1) is 24.8 Å². The maximum absolute atomic E-state index is 5.66. The SMILES string of the molecule is Cl.Cl.Nc1ccc(Nc2ccc(NC3=NCCN3)cc2)cc1. The van der Waals surface area contributed by atoms with E-state index in [2.05, 4.69) is 20.9 Å². The number of hydrogen-bond acceptors (Lipinski definition) is 5. The molecular formula is C15H19Cl2N5. The van der Waals surface area contributed by atoms with E-state index in [9.17, 15) is 0 Å². The molecule has 3 rings (SSSR count). The number of hydrogen-bond donors (Lipinski definition) is 4. The Kier molecular flexibility index (Phi) is 6.82. The minimum absolute atomic E-state index is 0. The summed E-state index contributed by atoms with van der Waals surface area (Å²) >= 11 is 0. The zero-order valence-electron chi connectivity index (χ0n) is 11.9. The maximum Gasteiger partial charge on any atom is 0.195 e. The lowest BCUT2D eigenvalue weighted by Gasteiger charge is -2.09. The number of anilines is 4. The summed E-state index contributed by atoms with van der Waals surface area (Å²) < 4.78 is 0. The lowest BCUT2D eigenvalue weighted by molar-refractivity contribution is 0.959. The number of nitrogen functional groups attached to an aromatic ring is 1. The predicted octanol–water partition coefficient (Wildman–Crippen LogP) is 3.23. The van der Waals surface area contributed by atoms with Crippen LogP contribution in [-0.4, -0.2) is 19.0 Å². The second-order valence-corrected chi connectivity index (χ2v) is 4.61. The third-order valence-electron chi connectivity index (χ3n) is 3.02. The van der Waals surface area contributed by atoms with E-state index in [1.807, 2.05) is 48.5 Å². The minimum atomic E-state index is 0. The van der Waals surface area contributed by atoms with Crippen molar-refractivity contribution in [3.05, 3.63) is 48.5 Å². The largest absolute Gasteiger partial charge is 0.399 e. The molecule has 0 aliphatic carbocycles. The zero-order chi connectivity index (χ0) is 13.8. The number of nitrogens with one attached hydrogen (secondary N) is 3. The van der Waals surface area contributed by atoms with Crippen LogP contribution in [0.15, 0.2) is 53.5 Å². The molecule has 1 aliphatic rings. The van der Waals surface area contributed by atoms with Gasteiger partial charge in [0.2, 0.25) is 0 Å². The topological polar surface area (TPSA) is 74.5 Å². The van der Waals surface area contributed by atoms with Crippen molar-refractivity contribution in [2.75, 3.05) is 29.5 Å². The van der Waals surface area contributed by atoms with Crippen molar-refractivity contribution in [1.29, 1.82) is 0 Å². The Morgan fingerprint density at radius 1 is 0.818 bits per heavy atom. The number of nitrogens with zero attached hydrogens (tertiary/aromatic N) is 1. The Hall–Kier alpha value is -2.11. The molecule has 0 atom stereocenters. The standard InChI is InChI=1S/C15H17N5.2ClH/c16-11-1-3-12(4-2-11)19-13-5-7-14(8-6-13)20-15-17-9-10-18-15;;/h1-8,19H,9-10,16H2,(H2,17,18,20);2*1H. The van der Waals surface area contributed by atoms with Crippen LogP contribution in [0.3, 0.4) is 0 Å². The first kappa shape index (κ1) is 17.9. The first-order chi connectivity index (χ1) is 9.79. The molecular weight excluding hydrogens is 321 g/mol. The van der Waals surface area contributed by atoms with Crippen molar-refractivity contribution >= 4 is 53.5 Å². The number of guanidine groups is 1. The molecule has 2 aromatic carbocycles. The van der Waals surface area contributed by atoms with Gasteiger partial charge in [-0.3, -0.25) is 4.99 Å². The van der Waals surface area contributed by atoms with Gasteiger partial charge < -0.3 is 21.7 Å². The van der Waals surface area contributed by atoms with E-state index in [0.717, 1.165) is 41.8 Å². The summed E-state index contributed by atoms with van der Waals surface area (Å²) in [6, 6.07) is 15.7. The van der Waals surface area contributed by atoms with Crippen molar-refractivity contribution in [1.82, 2.24) is 5.32 Å². The van der Waals surface area contributed by atoms with E-state index in [1.54, 1.807) is 0 Å². The highest BCUT2D eigenvalue weighted by Crippen LogP contribution is 2.19. The Morgan fingerprint density at radius 3 is 1.82 bits per heavy atom. The maximum atomic E-state index is 5.66. The van der Waals surface area contributed by atoms with E-state index in [4.69, 9.17) is 5.73 Å². The van der Waals surface area contributed by atoms with Gasteiger partial charge in [0.25, 0.3) is 0 Å². The molecule has 0 spiro atoms. The normalized spacial score (nSPS) is 12.3. The van der Waals surface area contributed by atoms with E-state index < -0.39 is 0 Å². The molecule has 0 fully saturated rings. The molecule has 0 amide bonds. The molecule has 22 heavy (non-hydrogen) atoms. The van der Waals surface area contributed by atoms with Crippen LogP contribution in [0.2, 0.25) is 0 Å². The summed E-state index contributed by atoms with van der Waals surface area (Å²) in [5.74, 6) is 0.837. The van der Waals surface area contributed by atoms with Crippen molar-refractivity contribution in [2.45, 2.75) is 0 Å². The zero-order valence-corrected chi connectivity index (χ0v) is 13.5. The van der Waals surface area contributed by atoms with Crippen molar-refractivity contribution in [3.63, 3.8) is 0 Å². The molecule has 118 valence electrons. The number of rotatable bonds is 3. The molecule has 0 radical (unpaired) electrons. The van der Waals surface area contributed by atoms with Crippen LogP contribution in [0.5, 0.6) is 0 Å². The van der Waals surface area contributed by atoms with Gasteiger partial charge in [0.15, 0.2) is 5.96 Å². The van der Waals surface area contributed by atoms with Crippen molar-refractivity contribution in [2.24, 2.45) is 4.99 Å². The van der Waals surface area contributed by atoms with Crippen LogP contribution >= 0.6 is 24.8 Å². The number of nitrogens with two attached hydrogens (primary N) is 1. The molecule has 2 aromatic rings. The Bertz CT molecular complexity index is 611. The fourth-order valence-corrected chi connectivity index (χ4v) is 1.99. The highest BCUT2D eigenvalue weighted by molar-refractivity contribution is 5.94. The quantitative estimate of drug-likeness (QED) is 0.647. The number of halogens is 2. The van der Waals surface area contributed by atoms with Gasteiger partial charge in [-0.25, -0.2) is 0 Å². The second-order valence-electron chi connectivity index (χ2n) is 4.61. The van der Waals surface area contributed by atoms with Crippen LogP contribution < -0.4 is 21.7 Å². The smallest absolute Gasteiger partial charge is 0.195 e. The molecule has 0 aromatic heterocycles. The lowest BCUT2D eigenvalue weighted by Crippen LogP contribution is -2.26. The Balaban J connectivity index is 0.00000121. The number of benzene rings is 2. The molecule has 0 saturated heterocycles. The van der Waals surface area contributed by atoms with Gasteiger partial charge in [0.1, 0.15) is 0 Å². The van der Waals surface area contributed by atoms with Crippen LogP contribution in [-0.2, 0) is 0 Å². The van der Waals surface area contributed by atoms with Crippen molar-refractivity contribution in [3.8, 4) is 0 Å². The third kappa shape index (κ3) is 4.72. The molecule has 1 heterocycles. The molecule has 1 aliphatic heterocycles. The lowest BCUT2D eigenvalue weighted by atomic mass is 10.2. The summed E-state index contributed by atoms with van der Waals surface area (Å²) in [6.07, 6.45) is 0. The highest BCUT2D eigenvalue weighted by Gasteiger charge is 2.04. The first-order valence-corrected chi connectivity index (χ1v) is 6.57. The van der Waals surface area contributed by atoms with Crippen LogP contribution in [0, 0.1) is 0 Å². The van der Waals surface area contributed by atoms with Crippen molar-refractivity contribution < 1.29 is 0 Å². The van der Waals surface area contributed by atoms with Gasteiger partial charge in [0, 0.05) is 29.3 Å². The molecule has 5 N–H and O–H groups in total. The van der Waals surface area contributed by atoms with Crippen LogP contribution in [0.25, 0.3) is 0 Å². The summed E-state index contributed by atoms with van der Waals surface area (Å²) in [4.78, 5) is 4.30. The summed E-state index contributed by atoms with van der Waals surface area (Å²) in [7, 11) is 0. The summed E-state index contributed by atoms with van der Waals surface area (Å²) in [6.45, 7) is 1.73. The minimum Gasteiger partial charge on any atom is -0.399 e. The monoisotopic (exact) mass is 339 g/mol. The molecule has 0 unspecified atom stereocenters. The average Bonchev–Trinajstić information content (AvgIpc) is 2.96.